The summed E-state index contributed by atoms with van der Waals surface area (Å²) in [5.74, 6) is 1.04. The summed E-state index contributed by atoms with van der Waals surface area (Å²) in [4.78, 5) is 22.4. The first-order chi connectivity index (χ1) is 9.58. The Morgan fingerprint density at radius 2 is 1.95 bits per heavy atom. The summed E-state index contributed by atoms with van der Waals surface area (Å²) in [6, 6.07) is 2.63. The molecule has 2 aromatic rings. The summed E-state index contributed by atoms with van der Waals surface area (Å²) in [6.45, 7) is 3.10. The topological polar surface area (TPSA) is 85.7 Å². The number of fused-ring (bicyclic) bond motifs is 1. The van der Waals surface area contributed by atoms with Crippen molar-refractivity contribution in [1.29, 1.82) is 0 Å². The van der Waals surface area contributed by atoms with Gasteiger partial charge in [-0.25, -0.2) is 19.8 Å². The van der Waals surface area contributed by atoms with Crippen LogP contribution in [0.4, 0.5) is 10.7 Å². The van der Waals surface area contributed by atoms with Gasteiger partial charge in [-0.2, -0.15) is 0 Å². The maximum Gasteiger partial charge on any atom is 0.347 e. The van der Waals surface area contributed by atoms with Crippen LogP contribution >= 0.6 is 11.6 Å². The molecule has 0 saturated carbocycles. The van der Waals surface area contributed by atoms with E-state index >= 15 is 0 Å². The van der Waals surface area contributed by atoms with Crippen LogP contribution in [0.1, 0.15) is 0 Å². The number of rotatable bonds is 3. The standard InChI is InChI=1S/C12H11ClN4O3/c1-14-12(18)17-11-15-7-5-9(20-3)8(19-2)4-6(7)10(13)16-11/h4-5H,1H2,2-3H3,(H,15,16,17,18). The Balaban J connectivity index is 2.58. The summed E-state index contributed by atoms with van der Waals surface area (Å²) in [5.41, 5.74) is 0.502. The Hall–Kier alpha value is -2.41. The molecular weight excluding hydrogens is 284 g/mol. The van der Waals surface area contributed by atoms with Gasteiger partial charge in [0, 0.05) is 11.5 Å². The first kappa shape index (κ1) is 14.0. The molecule has 0 saturated heterocycles. The van der Waals surface area contributed by atoms with Gasteiger partial charge >= 0.3 is 6.03 Å². The van der Waals surface area contributed by atoms with E-state index < -0.39 is 6.03 Å². The lowest BCUT2D eigenvalue weighted by atomic mass is 10.2. The monoisotopic (exact) mass is 294 g/mol. The van der Waals surface area contributed by atoms with Gasteiger partial charge in [-0.1, -0.05) is 11.6 Å². The van der Waals surface area contributed by atoms with E-state index in [4.69, 9.17) is 21.1 Å². The second-order valence-electron chi connectivity index (χ2n) is 3.65. The minimum atomic E-state index is -0.666. The molecule has 2 amide bonds. The van der Waals surface area contributed by atoms with Crippen molar-refractivity contribution >= 4 is 41.2 Å². The Morgan fingerprint density at radius 1 is 1.30 bits per heavy atom. The van der Waals surface area contributed by atoms with Crippen molar-refractivity contribution in [2.75, 3.05) is 19.5 Å². The molecule has 1 aromatic carbocycles. The van der Waals surface area contributed by atoms with E-state index in [9.17, 15) is 4.79 Å². The highest BCUT2D eigenvalue weighted by Gasteiger charge is 2.12. The van der Waals surface area contributed by atoms with Crippen LogP contribution in [0.3, 0.4) is 0 Å². The molecule has 0 aliphatic heterocycles. The molecule has 0 bridgehead atoms. The number of nitrogens with zero attached hydrogens (tertiary/aromatic N) is 3. The van der Waals surface area contributed by atoms with Gasteiger partial charge in [-0.15, -0.1) is 0 Å². The molecule has 0 fully saturated rings. The fraction of sp³-hybridized carbons (Fsp3) is 0.167. The zero-order valence-electron chi connectivity index (χ0n) is 10.8. The third kappa shape index (κ3) is 2.62. The fourth-order valence-corrected chi connectivity index (χ4v) is 1.84. The predicted molar refractivity (Wildman–Crippen MR) is 76.2 cm³/mol. The van der Waals surface area contributed by atoms with Crippen LogP contribution < -0.4 is 14.8 Å². The van der Waals surface area contributed by atoms with E-state index in [1.54, 1.807) is 12.1 Å². The number of ether oxygens (including phenoxy) is 2. The number of methoxy groups -OCH3 is 2. The zero-order valence-corrected chi connectivity index (χ0v) is 11.6. The van der Waals surface area contributed by atoms with E-state index in [1.165, 1.54) is 14.2 Å². The van der Waals surface area contributed by atoms with Crippen LogP contribution in [-0.4, -0.2) is 36.9 Å². The molecule has 0 radical (unpaired) electrons. The molecule has 7 nitrogen and oxygen atoms in total. The third-order valence-electron chi connectivity index (χ3n) is 2.52. The molecule has 0 unspecified atom stereocenters. The summed E-state index contributed by atoms with van der Waals surface area (Å²) >= 11 is 6.07. The number of aliphatic imine (C=N–C) groups is 1. The van der Waals surface area contributed by atoms with Crippen molar-refractivity contribution in [1.82, 2.24) is 9.97 Å². The van der Waals surface area contributed by atoms with Crippen LogP contribution in [0.5, 0.6) is 11.5 Å². The van der Waals surface area contributed by atoms with Gasteiger partial charge in [-0.05, 0) is 12.8 Å². The van der Waals surface area contributed by atoms with Gasteiger partial charge in [-0.3, -0.25) is 5.32 Å². The highest BCUT2D eigenvalue weighted by Crippen LogP contribution is 2.34. The van der Waals surface area contributed by atoms with Crippen LogP contribution in [-0.2, 0) is 0 Å². The number of aromatic nitrogens is 2. The lowest BCUT2D eigenvalue weighted by molar-refractivity contribution is 0.259. The fourth-order valence-electron chi connectivity index (χ4n) is 1.61. The predicted octanol–water partition coefficient (Wildman–Crippen LogP) is 2.53. The number of urea groups is 1. The molecule has 8 heteroatoms. The number of benzene rings is 1. The summed E-state index contributed by atoms with van der Waals surface area (Å²) in [5, 5.41) is 3.10. The van der Waals surface area contributed by atoms with Crippen molar-refractivity contribution in [2.24, 2.45) is 4.99 Å². The first-order valence-electron chi connectivity index (χ1n) is 5.46. The van der Waals surface area contributed by atoms with Crippen LogP contribution in [0.15, 0.2) is 17.1 Å². The average Bonchev–Trinajstić information content (AvgIpc) is 2.45. The summed E-state index contributed by atoms with van der Waals surface area (Å²) < 4.78 is 10.4. The molecule has 0 atom stereocenters. The maximum atomic E-state index is 11.1. The number of carbonyl (C=O) groups is 1. The van der Waals surface area contributed by atoms with Crippen LogP contribution in [0.25, 0.3) is 10.9 Å². The second kappa shape index (κ2) is 5.70. The first-order valence-corrected chi connectivity index (χ1v) is 5.83. The maximum absolute atomic E-state index is 11.1. The number of amides is 2. The lowest BCUT2D eigenvalue weighted by Crippen LogP contribution is -2.09. The van der Waals surface area contributed by atoms with E-state index in [1.807, 2.05) is 0 Å². The number of hydrogen-bond acceptors (Lipinski definition) is 5. The van der Waals surface area contributed by atoms with Crippen molar-refractivity contribution in [3.8, 4) is 11.5 Å². The van der Waals surface area contributed by atoms with Gasteiger partial charge in [0.1, 0.15) is 5.15 Å². The zero-order chi connectivity index (χ0) is 14.7. The van der Waals surface area contributed by atoms with Crippen molar-refractivity contribution in [2.45, 2.75) is 0 Å². The molecule has 1 heterocycles. The largest absolute Gasteiger partial charge is 0.493 e. The van der Waals surface area contributed by atoms with Crippen molar-refractivity contribution < 1.29 is 14.3 Å². The normalized spacial score (nSPS) is 10.2. The van der Waals surface area contributed by atoms with E-state index in [-0.39, 0.29) is 11.1 Å². The SMILES string of the molecule is C=NC(=O)Nc1nc(Cl)c2cc(OC)c(OC)cc2n1. The number of halogens is 1. The van der Waals surface area contributed by atoms with E-state index in [0.717, 1.165) is 0 Å². The molecule has 2 rings (SSSR count). The highest BCUT2D eigenvalue weighted by atomic mass is 35.5. The van der Waals surface area contributed by atoms with E-state index in [0.29, 0.717) is 22.4 Å². The van der Waals surface area contributed by atoms with Gasteiger partial charge in [0.05, 0.1) is 19.7 Å². The van der Waals surface area contributed by atoms with Crippen molar-refractivity contribution in [3.05, 3.63) is 17.3 Å². The Morgan fingerprint density at radius 3 is 2.55 bits per heavy atom. The average molecular weight is 295 g/mol. The number of nitrogens with one attached hydrogen (secondary N) is 1. The summed E-state index contributed by atoms with van der Waals surface area (Å²) in [7, 11) is 3.03. The Labute approximate surface area is 119 Å². The van der Waals surface area contributed by atoms with Gasteiger partial charge in [0.25, 0.3) is 0 Å². The molecule has 1 aromatic heterocycles. The molecule has 20 heavy (non-hydrogen) atoms. The quantitative estimate of drug-likeness (QED) is 0.694. The van der Waals surface area contributed by atoms with Crippen molar-refractivity contribution in [3.63, 3.8) is 0 Å². The van der Waals surface area contributed by atoms with Crippen LogP contribution in [0, 0.1) is 0 Å². The van der Waals surface area contributed by atoms with Gasteiger partial charge in [0.2, 0.25) is 5.95 Å². The van der Waals surface area contributed by atoms with Gasteiger partial charge < -0.3 is 9.47 Å². The smallest absolute Gasteiger partial charge is 0.347 e. The van der Waals surface area contributed by atoms with Gasteiger partial charge in [0.15, 0.2) is 11.5 Å². The highest BCUT2D eigenvalue weighted by molar-refractivity contribution is 6.34. The summed E-state index contributed by atoms with van der Waals surface area (Å²) in [6.07, 6.45) is 0. The molecule has 0 spiro atoms. The van der Waals surface area contributed by atoms with E-state index in [2.05, 4.69) is 27.0 Å². The second-order valence-corrected chi connectivity index (χ2v) is 4.01. The minimum absolute atomic E-state index is 0.0344. The number of carbonyl (C=O) groups excluding carboxylic acids is 1. The number of anilines is 1. The Kier molecular flexibility index (Phi) is 3.99. The molecular formula is C12H11ClN4O3. The lowest BCUT2D eigenvalue weighted by Gasteiger charge is -2.10. The minimum Gasteiger partial charge on any atom is -0.493 e. The molecule has 104 valence electrons. The Bertz CT molecular complexity index is 690. The third-order valence-corrected chi connectivity index (χ3v) is 2.80. The van der Waals surface area contributed by atoms with Crippen LogP contribution in [0.2, 0.25) is 5.15 Å². The molecule has 0 aliphatic carbocycles. The number of hydrogen-bond donors (Lipinski definition) is 1. The molecule has 1 N–H and O–H groups in total. The molecule has 0 aliphatic rings.